The molecule has 1 saturated carbocycles. The Hall–Kier alpha value is -0.620. The normalized spacial score (nSPS) is 28.8. The number of amides is 1. The molecule has 0 bridgehead atoms. The molecule has 2 aliphatic rings. The third kappa shape index (κ3) is 3.73. The van der Waals surface area contributed by atoms with Crippen LogP contribution in [0.25, 0.3) is 0 Å². The molecule has 0 aromatic heterocycles. The predicted molar refractivity (Wildman–Crippen MR) is 79.0 cm³/mol. The van der Waals surface area contributed by atoms with Crippen molar-refractivity contribution < 1.29 is 13.2 Å². The third-order valence-electron chi connectivity index (χ3n) is 4.81. The highest BCUT2D eigenvalue weighted by Gasteiger charge is 2.37. The van der Waals surface area contributed by atoms with E-state index in [9.17, 15) is 13.2 Å². The van der Waals surface area contributed by atoms with Gasteiger partial charge in [0.1, 0.15) is 0 Å². The van der Waals surface area contributed by atoms with Gasteiger partial charge in [-0.3, -0.25) is 4.79 Å². The van der Waals surface area contributed by atoms with E-state index in [0.29, 0.717) is 19.5 Å². The highest BCUT2D eigenvalue weighted by Crippen LogP contribution is 2.34. The molecule has 1 aliphatic heterocycles. The Kier molecular flexibility index (Phi) is 5.07. The minimum atomic E-state index is -2.87. The van der Waals surface area contributed by atoms with Gasteiger partial charge in [0.2, 0.25) is 5.91 Å². The summed E-state index contributed by atoms with van der Waals surface area (Å²) >= 11 is 0. The molecule has 1 amide bonds. The van der Waals surface area contributed by atoms with Crippen molar-refractivity contribution in [3.05, 3.63) is 0 Å². The zero-order valence-corrected chi connectivity index (χ0v) is 12.9. The molecule has 116 valence electrons. The van der Waals surface area contributed by atoms with Gasteiger partial charge in [0.05, 0.1) is 16.9 Å². The van der Waals surface area contributed by atoms with Gasteiger partial charge in [-0.05, 0) is 25.2 Å². The maximum Gasteiger partial charge on any atom is 0.227 e. The summed E-state index contributed by atoms with van der Waals surface area (Å²) in [6, 6.07) is 0. The monoisotopic (exact) mass is 302 g/mol. The maximum absolute atomic E-state index is 12.5. The number of nitrogens with two attached hydrogens (primary N) is 1. The highest BCUT2D eigenvalue weighted by molar-refractivity contribution is 7.91. The summed E-state index contributed by atoms with van der Waals surface area (Å²) < 4.78 is 22.8. The second-order valence-corrected chi connectivity index (χ2v) is 8.61. The molecular formula is C14H26N2O3S. The SMILES string of the molecule is NCC1(C(=O)NCC2CCS(=O)(=O)C2)CCCCCC1. The lowest BCUT2D eigenvalue weighted by Gasteiger charge is -2.30. The zero-order valence-electron chi connectivity index (χ0n) is 12.1. The van der Waals surface area contributed by atoms with Crippen LogP contribution >= 0.6 is 0 Å². The van der Waals surface area contributed by atoms with Gasteiger partial charge in [-0.25, -0.2) is 8.42 Å². The van der Waals surface area contributed by atoms with Gasteiger partial charge < -0.3 is 11.1 Å². The predicted octanol–water partition coefficient (Wildman–Crippen LogP) is 0.837. The first kappa shape index (κ1) is 15.8. The number of hydrogen-bond donors (Lipinski definition) is 2. The molecule has 2 rings (SSSR count). The van der Waals surface area contributed by atoms with Crippen LogP contribution in [0.3, 0.4) is 0 Å². The van der Waals surface area contributed by atoms with Crippen molar-refractivity contribution in [1.82, 2.24) is 5.32 Å². The van der Waals surface area contributed by atoms with Crippen LogP contribution in [0, 0.1) is 11.3 Å². The van der Waals surface area contributed by atoms with E-state index < -0.39 is 15.3 Å². The Morgan fingerprint density at radius 2 is 1.85 bits per heavy atom. The second kappa shape index (κ2) is 6.43. The van der Waals surface area contributed by atoms with Crippen LogP contribution in [0.15, 0.2) is 0 Å². The van der Waals surface area contributed by atoms with E-state index in [1.54, 1.807) is 0 Å². The van der Waals surface area contributed by atoms with Crippen LogP contribution in [0.2, 0.25) is 0 Å². The van der Waals surface area contributed by atoms with Crippen LogP contribution in [0.1, 0.15) is 44.9 Å². The summed E-state index contributed by atoms with van der Waals surface area (Å²) in [5, 5.41) is 2.97. The van der Waals surface area contributed by atoms with Crippen molar-refractivity contribution in [2.45, 2.75) is 44.9 Å². The number of sulfone groups is 1. The fourth-order valence-corrected chi connectivity index (χ4v) is 5.25. The summed E-state index contributed by atoms with van der Waals surface area (Å²) in [5.41, 5.74) is 5.46. The molecule has 3 N–H and O–H groups in total. The van der Waals surface area contributed by atoms with Gasteiger partial charge in [-0.15, -0.1) is 0 Å². The number of hydrogen-bond acceptors (Lipinski definition) is 4. The van der Waals surface area contributed by atoms with Gasteiger partial charge in [-0.2, -0.15) is 0 Å². The smallest absolute Gasteiger partial charge is 0.227 e. The van der Waals surface area contributed by atoms with Gasteiger partial charge in [0.15, 0.2) is 9.84 Å². The van der Waals surface area contributed by atoms with E-state index in [1.165, 1.54) is 12.8 Å². The summed E-state index contributed by atoms with van der Waals surface area (Å²) in [4.78, 5) is 12.5. The first-order chi connectivity index (χ1) is 9.47. The number of rotatable bonds is 4. The molecule has 1 unspecified atom stereocenters. The lowest BCUT2D eigenvalue weighted by Crippen LogP contribution is -2.47. The number of carbonyl (C=O) groups excluding carboxylic acids is 1. The largest absolute Gasteiger partial charge is 0.355 e. The fraction of sp³-hybridized carbons (Fsp3) is 0.929. The van der Waals surface area contributed by atoms with Crippen LogP contribution in [-0.4, -0.2) is 38.9 Å². The quantitative estimate of drug-likeness (QED) is 0.753. The van der Waals surface area contributed by atoms with Crippen molar-refractivity contribution in [2.75, 3.05) is 24.6 Å². The number of carbonyl (C=O) groups is 1. The average Bonchev–Trinajstić information content (AvgIpc) is 2.65. The van der Waals surface area contributed by atoms with Gasteiger partial charge >= 0.3 is 0 Å². The Morgan fingerprint density at radius 3 is 2.35 bits per heavy atom. The van der Waals surface area contributed by atoms with Crippen molar-refractivity contribution >= 4 is 15.7 Å². The van der Waals surface area contributed by atoms with Crippen molar-refractivity contribution in [1.29, 1.82) is 0 Å². The van der Waals surface area contributed by atoms with Gasteiger partial charge in [0, 0.05) is 13.1 Å². The summed E-state index contributed by atoms with van der Waals surface area (Å²) in [6.07, 6.45) is 6.85. The number of nitrogens with one attached hydrogen (secondary N) is 1. The highest BCUT2D eigenvalue weighted by atomic mass is 32.2. The van der Waals surface area contributed by atoms with E-state index in [2.05, 4.69) is 5.32 Å². The molecular weight excluding hydrogens is 276 g/mol. The molecule has 5 nitrogen and oxygen atoms in total. The lowest BCUT2D eigenvalue weighted by molar-refractivity contribution is -0.131. The first-order valence-electron chi connectivity index (χ1n) is 7.66. The Morgan fingerprint density at radius 1 is 1.20 bits per heavy atom. The molecule has 0 radical (unpaired) electrons. The molecule has 1 saturated heterocycles. The van der Waals surface area contributed by atoms with Crippen molar-refractivity contribution in [3.8, 4) is 0 Å². The summed E-state index contributed by atoms with van der Waals surface area (Å²) in [5.74, 6) is 0.578. The van der Waals surface area contributed by atoms with E-state index in [0.717, 1.165) is 25.7 Å². The molecule has 2 fully saturated rings. The van der Waals surface area contributed by atoms with Crippen LogP contribution in [0.4, 0.5) is 0 Å². The Bertz CT molecular complexity index is 439. The van der Waals surface area contributed by atoms with E-state index in [4.69, 9.17) is 5.73 Å². The van der Waals surface area contributed by atoms with E-state index in [-0.39, 0.29) is 23.3 Å². The standard InChI is InChI=1S/C14H26N2O3S/c15-11-14(6-3-1-2-4-7-14)13(17)16-9-12-5-8-20(18,19)10-12/h12H,1-11,15H2,(H,16,17). The third-order valence-corrected chi connectivity index (χ3v) is 6.65. The maximum atomic E-state index is 12.5. The van der Waals surface area contributed by atoms with Crippen molar-refractivity contribution in [2.24, 2.45) is 17.1 Å². The topological polar surface area (TPSA) is 89.3 Å². The van der Waals surface area contributed by atoms with Crippen LogP contribution in [0.5, 0.6) is 0 Å². The second-order valence-electron chi connectivity index (χ2n) is 6.38. The lowest BCUT2D eigenvalue weighted by atomic mass is 9.79. The summed E-state index contributed by atoms with van der Waals surface area (Å²) in [7, 11) is -2.87. The minimum Gasteiger partial charge on any atom is -0.355 e. The van der Waals surface area contributed by atoms with Crippen LogP contribution < -0.4 is 11.1 Å². The first-order valence-corrected chi connectivity index (χ1v) is 9.48. The van der Waals surface area contributed by atoms with E-state index >= 15 is 0 Å². The Labute approximate surface area is 121 Å². The fourth-order valence-electron chi connectivity index (χ4n) is 3.39. The molecule has 0 spiro atoms. The Balaban J connectivity index is 1.89. The summed E-state index contributed by atoms with van der Waals surface area (Å²) in [6.45, 7) is 0.863. The molecule has 6 heteroatoms. The minimum absolute atomic E-state index is 0.0335. The molecule has 1 aliphatic carbocycles. The van der Waals surface area contributed by atoms with Crippen LogP contribution in [-0.2, 0) is 14.6 Å². The van der Waals surface area contributed by atoms with Gasteiger partial charge in [0.25, 0.3) is 0 Å². The molecule has 1 atom stereocenters. The van der Waals surface area contributed by atoms with E-state index in [1.807, 2.05) is 0 Å². The molecule has 0 aromatic carbocycles. The van der Waals surface area contributed by atoms with Gasteiger partial charge in [-0.1, -0.05) is 25.7 Å². The molecule has 1 heterocycles. The average molecular weight is 302 g/mol. The molecule has 0 aromatic rings. The zero-order chi connectivity index (χ0) is 14.6. The molecule has 20 heavy (non-hydrogen) atoms. The van der Waals surface area contributed by atoms with Crippen molar-refractivity contribution in [3.63, 3.8) is 0 Å².